The zero-order valence-electron chi connectivity index (χ0n) is 9.50. The predicted molar refractivity (Wildman–Crippen MR) is 60.5 cm³/mol. The molecule has 0 unspecified atom stereocenters. The Morgan fingerprint density at radius 1 is 1.38 bits per heavy atom. The van der Waals surface area contributed by atoms with Crippen molar-refractivity contribution in [3.8, 4) is 0 Å². The lowest BCUT2D eigenvalue weighted by Gasteiger charge is -2.29. The summed E-state index contributed by atoms with van der Waals surface area (Å²) in [5, 5.41) is 8.88. The van der Waals surface area contributed by atoms with Crippen molar-refractivity contribution in [3.63, 3.8) is 0 Å². The summed E-state index contributed by atoms with van der Waals surface area (Å²) in [5.41, 5.74) is 0. The van der Waals surface area contributed by atoms with Crippen molar-refractivity contribution in [1.82, 2.24) is 20.9 Å². The molecule has 2 heterocycles. The van der Waals surface area contributed by atoms with Crippen LogP contribution in [0.1, 0.15) is 0 Å². The summed E-state index contributed by atoms with van der Waals surface area (Å²) in [6.45, 7) is 6.92. The van der Waals surface area contributed by atoms with Gasteiger partial charge in [0.2, 0.25) is 0 Å². The predicted octanol–water partition coefficient (Wildman–Crippen LogP) is -1.41. The van der Waals surface area contributed by atoms with Crippen LogP contribution in [-0.2, 0) is 4.74 Å². The van der Waals surface area contributed by atoms with Crippen molar-refractivity contribution in [2.75, 3.05) is 52.5 Å². The van der Waals surface area contributed by atoms with Crippen LogP contribution in [0.5, 0.6) is 0 Å². The van der Waals surface area contributed by atoms with Crippen molar-refractivity contribution >= 4 is 6.03 Å². The van der Waals surface area contributed by atoms with Gasteiger partial charge >= 0.3 is 6.03 Å². The number of morpholine rings is 1. The fraction of sp³-hybridized carbons (Fsp3) is 0.900. The summed E-state index contributed by atoms with van der Waals surface area (Å²) in [7, 11) is 0. The molecule has 2 aliphatic heterocycles. The van der Waals surface area contributed by atoms with Gasteiger partial charge in [0.15, 0.2) is 0 Å². The lowest BCUT2D eigenvalue weighted by Crippen LogP contribution is -2.59. The van der Waals surface area contributed by atoms with Gasteiger partial charge in [-0.1, -0.05) is 0 Å². The Balaban J connectivity index is 1.51. The van der Waals surface area contributed by atoms with Gasteiger partial charge in [0.05, 0.1) is 19.3 Å². The van der Waals surface area contributed by atoms with E-state index in [-0.39, 0.29) is 6.03 Å². The molecule has 6 heteroatoms. The molecule has 0 aromatic rings. The van der Waals surface area contributed by atoms with E-state index in [1.807, 2.05) is 0 Å². The third-order valence-corrected chi connectivity index (χ3v) is 2.93. The molecule has 0 atom stereocenters. The zero-order valence-corrected chi connectivity index (χ0v) is 9.50. The van der Waals surface area contributed by atoms with Crippen LogP contribution in [0.3, 0.4) is 0 Å². The Kier molecular flexibility index (Phi) is 4.38. The Hall–Kier alpha value is -0.850. The Bertz CT molecular complexity index is 227. The van der Waals surface area contributed by atoms with E-state index >= 15 is 0 Å². The average molecular weight is 228 g/mol. The van der Waals surface area contributed by atoms with E-state index in [1.54, 1.807) is 0 Å². The smallest absolute Gasteiger partial charge is 0.315 e. The average Bonchev–Trinajstić information content (AvgIpc) is 2.25. The number of rotatable bonds is 4. The van der Waals surface area contributed by atoms with E-state index in [9.17, 15) is 4.79 Å². The normalized spacial score (nSPS) is 22.5. The van der Waals surface area contributed by atoms with Gasteiger partial charge < -0.3 is 20.7 Å². The molecule has 3 N–H and O–H groups in total. The van der Waals surface area contributed by atoms with E-state index in [0.717, 1.165) is 45.9 Å². The van der Waals surface area contributed by atoms with Gasteiger partial charge in [0.25, 0.3) is 0 Å². The SMILES string of the molecule is O=C(NCCN1CCOCC1)NC1CNC1. The number of nitrogens with zero attached hydrogens (tertiary/aromatic N) is 1. The van der Waals surface area contributed by atoms with Crippen molar-refractivity contribution in [2.24, 2.45) is 0 Å². The van der Waals surface area contributed by atoms with Gasteiger partial charge in [0.1, 0.15) is 0 Å². The molecule has 2 rings (SSSR count). The molecule has 2 aliphatic rings. The van der Waals surface area contributed by atoms with Crippen molar-refractivity contribution in [2.45, 2.75) is 6.04 Å². The third-order valence-electron chi connectivity index (χ3n) is 2.93. The highest BCUT2D eigenvalue weighted by molar-refractivity contribution is 5.74. The Labute approximate surface area is 95.7 Å². The van der Waals surface area contributed by atoms with Gasteiger partial charge in [0, 0.05) is 39.3 Å². The first-order chi connectivity index (χ1) is 7.84. The highest BCUT2D eigenvalue weighted by Gasteiger charge is 2.18. The number of hydrogen-bond donors (Lipinski definition) is 3. The minimum atomic E-state index is -0.0558. The van der Waals surface area contributed by atoms with Crippen LogP contribution in [0, 0.1) is 0 Å². The Morgan fingerprint density at radius 2 is 2.12 bits per heavy atom. The number of carbonyl (C=O) groups is 1. The maximum atomic E-state index is 11.4. The van der Waals surface area contributed by atoms with E-state index in [4.69, 9.17) is 4.74 Å². The van der Waals surface area contributed by atoms with Gasteiger partial charge in [-0.3, -0.25) is 4.90 Å². The summed E-state index contributed by atoms with van der Waals surface area (Å²) in [4.78, 5) is 13.7. The molecule has 2 amide bonds. The van der Waals surface area contributed by atoms with Crippen LogP contribution in [0.15, 0.2) is 0 Å². The largest absolute Gasteiger partial charge is 0.379 e. The number of nitrogens with one attached hydrogen (secondary N) is 3. The van der Waals surface area contributed by atoms with Crippen LogP contribution >= 0.6 is 0 Å². The summed E-state index contributed by atoms with van der Waals surface area (Å²) in [6, 6.07) is 0.253. The second-order valence-corrected chi connectivity index (χ2v) is 4.21. The van der Waals surface area contributed by atoms with Crippen LogP contribution in [0.2, 0.25) is 0 Å². The minimum Gasteiger partial charge on any atom is -0.379 e. The molecule has 0 bridgehead atoms. The summed E-state index contributed by atoms with van der Waals surface area (Å²) in [6.07, 6.45) is 0. The van der Waals surface area contributed by atoms with Gasteiger partial charge in [-0.25, -0.2) is 4.79 Å². The lowest BCUT2D eigenvalue weighted by atomic mass is 10.2. The molecule has 6 nitrogen and oxygen atoms in total. The monoisotopic (exact) mass is 228 g/mol. The Morgan fingerprint density at radius 3 is 2.75 bits per heavy atom. The fourth-order valence-corrected chi connectivity index (χ4v) is 1.78. The van der Waals surface area contributed by atoms with Crippen LogP contribution < -0.4 is 16.0 Å². The van der Waals surface area contributed by atoms with E-state index < -0.39 is 0 Å². The maximum Gasteiger partial charge on any atom is 0.315 e. The van der Waals surface area contributed by atoms with Gasteiger partial charge in [-0.05, 0) is 0 Å². The molecule has 2 saturated heterocycles. The number of urea groups is 1. The highest BCUT2D eigenvalue weighted by Crippen LogP contribution is 1.94. The van der Waals surface area contributed by atoms with Crippen LogP contribution in [0.25, 0.3) is 0 Å². The number of hydrogen-bond acceptors (Lipinski definition) is 4. The second kappa shape index (κ2) is 6.03. The standard InChI is InChI=1S/C10H20N4O2/c15-10(13-9-7-11-8-9)12-1-2-14-3-5-16-6-4-14/h9,11H,1-8H2,(H2,12,13,15). The van der Waals surface area contributed by atoms with Crippen molar-refractivity contribution < 1.29 is 9.53 Å². The van der Waals surface area contributed by atoms with Crippen molar-refractivity contribution in [3.05, 3.63) is 0 Å². The molecular formula is C10H20N4O2. The molecule has 0 aliphatic carbocycles. The van der Waals surface area contributed by atoms with Crippen LogP contribution in [0.4, 0.5) is 4.79 Å². The van der Waals surface area contributed by atoms with E-state index in [2.05, 4.69) is 20.9 Å². The second-order valence-electron chi connectivity index (χ2n) is 4.21. The van der Waals surface area contributed by atoms with Gasteiger partial charge in [-0.15, -0.1) is 0 Å². The molecule has 0 aromatic carbocycles. The molecule has 0 spiro atoms. The molecular weight excluding hydrogens is 208 g/mol. The zero-order chi connectivity index (χ0) is 11.2. The maximum absolute atomic E-state index is 11.4. The molecule has 16 heavy (non-hydrogen) atoms. The van der Waals surface area contributed by atoms with E-state index in [0.29, 0.717) is 12.6 Å². The van der Waals surface area contributed by atoms with Crippen molar-refractivity contribution in [1.29, 1.82) is 0 Å². The fourth-order valence-electron chi connectivity index (χ4n) is 1.78. The summed E-state index contributed by atoms with van der Waals surface area (Å²) < 4.78 is 5.25. The van der Waals surface area contributed by atoms with Crippen LogP contribution in [-0.4, -0.2) is 69.5 Å². The minimum absolute atomic E-state index is 0.0558. The topological polar surface area (TPSA) is 65.6 Å². The first-order valence-corrected chi connectivity index (χ1v) is 5.90. The lowest BCUT2D eigenvalue weighted by molar-refractivity contribution is 0.0387. The first kappa shape index (κ1) is 11.6. The first-order valence-electron chi connectivity index (χ1n) is 5.90. The molecule has 0 radical (unpaired) electrons. The molecule has 0 saturated carbocycles. The summed E-state index contributed by atoms with van der Waals surface area (Å²) in [5.74, 6) is 0. The quantitative estimate of drug-likeness (QED) is 0.553. The number of carbonyl (C=O) groups excluding carboxylic acids is 1. The molecule has 92 valence electrons. The summed E-state index contributed by atoms with van der Waals surface area (Å²) >= 11 is 0. The number of amides is 2. The third kappa shape index (κ3) is 3.62. The van der Waals surface area contributed by atoms with Gasteiger partial charge in [-0.2, -0.15) is 0 Å². The number of ether oxygens (including phenoxy) is 1. The van der Waals surface area contributed by atoms with E-state index in [1.165, 1.54) is 0 Å². The molecule has 2 fully saturated rings. The highest BCUT2D eigenvalue weighted by atomic mass is 16.5. The molecule has 0 aromatic heterocycles.